The first-order chi connectivity index (χ1) is 13.6. The molecular formula is C19H17ClN2O6S. The number of halogens is 1. The van der Waals surface area contributed by atoms with Gasteiger partial charge in [-0.3, -0.25) is 14.4 Å². The van der Waals surface area contributed by atoms with Crippen molar-refractivity contribution in [3.8, 4) is 5.75 Å². The van der Waals surface area contributed by atoms with Crippen molar-refractivity contribution < 1.29 is 27.5 Å². The van der Waals surface area contributed by atoms with E-state index in [4.69, 9.17) is 16.3 Å². The zero-order chi connectivity index (χ0) is 21.2. The molecule has 0 aromatic heterocycles. The molecule has 0 fully saturated rings. The van der Waals surface area contributed by atoms with E-state index in [0.717, 1.165) is 0 Å². The highest BCUT2D eigenvalue weighted by Gasteiger charge is 2.26. The van der Waals surface area contributed by atoms with Gasteiger partial charge in [0.2, 0.25) is 5.91 Å². The number of anilines is 2. The molecule has 152 valence electrons. The summed E-state index contributed by atoms with van der Waals surface area (Å²) in [6.07, 6.45) is 0. The second kappa shape index (κ2) is 8.22. The van der Waals surface area contributed by atoms with E-state index < -0.39 is 33.0 Å². The molecule has 0 saturated carbocycles. The minimum atomic E-state index is -4.00. The summed E-state index contributed by atoms with van der Waals surface area (Å²) in [6.45, 7) is -0.103. The molecular weight excluding hydrogens is 420 g/mol. The van der Waals surface area contributed by atoms with Crippen LogP contribution in [0.25, 0.3) is 0 Å². The normalized spacial score (nSPS) is 13.4. The van der Waals surface area contributed by atoms with Crippen molar-refractivity contribution in [2.45, 2.75) is 0 Å². The Labute approximate surface area is 172 Å². The van der Waals surface area contributed by atoms with Gasteiger partial charge >= 0.3 is 0 Å². The Morgan fingerprint density at radius 1 is 1.14 bits per heavy atom. The Hall–Kier alpha value is -2.91. The molecule has 0 saturated heterocycles. The van der Waals surface area contributed by atoms with Gasteiger partial charge in [0.05, 0.1) is 5.69 Å². The number of hydrogen-bond acceptors (Lipinski definition) is 6. The Morgan fingerprint density at radius 2 is 1.83 bits per heavy atom. The first-order valence-corrected chi connectivity index (χ1v) is 10.7. The van der Waals surface area contributed by atoms with Crippen LogP contribution in [0.3, 0.4) is 0 Å². The van der Waals surface area contributed by atoms with E-state index in [1.807, 2.05) is 0 Å². The molecule has 8 nitrogen and oxygen atoms in total. The van der Waals surface area contributed by atoms with Crippen molar-refractivity contribution in [3.05, 3.63) is 53.1 Å². The maximum absolute atomic E-state index is 12.4. The van der Waals surface area contributed by atoms with Crippen molar-refractivity contribution >= 4 is 50.4 Å². The monoisotopic (exact) mass is 436 g/mol. The van der Waals surface area contributed by atoms with Crippen LogP contribution in [0.5, 0.6) is 5.75 Å². The highest BCUT2D eigenvalue weighted by atomic mass is 35.5. The van der Waals surface area contributed by atoms with Crippen molar-refractivity contribution in [2.24, 2.45) is 0 Å². The van der Waals surface area contributed by atoms with Gasteiger partial charge in [0.25, 0.3) is 5.91 Å². The highest BCUT2D eigenvalue weighted by Crippen LogP contribution is 2.32. The first-order valence-electron chi connectivity index (χ1n) is 8.47. The molecule has 1 aliphatic rings. The SMILES string of the molecule is CN1C(=O)COc2ccc(C(=O)CS(=O)(=O)CC(=O)Nc3ccc(Cl)cc3)cc21. The summed E-state index contributed by atoms with van der Waals surface area (Å²) >= 11 is 5.76. The Bertz CT molecular complexity index is 1080. The second-order valence-corrected chi connectivity index (χ2v) is 8.94. The fourth-order valence-corrected chi connectivity index (χ4v) is 3.98. The van der Waals surface area contributed by atoms with Crippen LogP contribution in [0.1, 0.15) is 10.4 Å². The van der Waals surface area contributed by atoms with Gasteiger partial charge in [-0.25, -0.2) is 8.42 Å². The number of likely N-dealkylation sites (N-methyl/N-ethyl adjacent to an activating group) is 1. The van der Waals surface area contributed by atoms with Crippen LogP contribution < -0.4 is 15.0 Å². The Morgan fingerprint density at radius 3 is 2.52 bits per heavy atom. The third-order valence-corrected chi connectivity index (χ3v) is 5.85. The molecule has 3 rings (SSSR count). The molecule has 1 aliphatic heterocycles. The number of benzene rings is 2. The van der Waals surface area contributed by atoms with Gasteiger partial charge in [0.15, 0.2) is 22.2 Å². The van der Waals surface area contributed by atoms with Gasteiger partial charge in [0.1, 0.15) is 17.3 Å². The molecule has 0 unspecified atom stereocenters. The minimum absolute atomic E-state index is 0.103. The molecule has 0 spiro atoms. The van der Waals surface area contributed by atoms with E-state index >= 15 is 0 Å². The summed E-state index contributed by atoms with van der Waals surface area (Å²) in [7, 11) is -2.46. The van der Waals surface area contributed by atoms with E-state index in [2.05, 4.69) is 5.32 Å². The van der Waals surface area contributed by atoms with Crippen molar-refractivity contribution in [3.63, 3.8) is 0 Å². The average molecular weight is 437 g/mol. The number of ether oxygens (including phenoxy) is 1. The zero-order valence-electron chi connectivity index (χ0n) is 15.3. The summed E-state index contributed by atoms with van der Waals surface area (Å²) < 4.78 is 29.8. The topological polar surface area (TPSA) is 110 Å². The molecule has 0 atom stereocenters. The summed E-state index contributed by atoms with van der Waals surface area (Å²) in [4.78, 5) is 37.5. The number of nitrogens with one attached hydrogen (secondary N) is 1. The van der Waals surface area contributed by atoms with Crippen LogP contribution in [0.4, 0.5) is 11.4 Å². The van der Waals surface area contributed by atoms with Crippen LogP contribution in [0.15, 0.2) is 42.5 Å². The molecule has 2 aromatic rings. The Kier molecular flexibility index (Phi) is 5.90. The first kappa shape index (κ1) is 20.8. The van der Waals surface area contributed by atoms with E-state index in [9.17, 15) is 22.8 Å². The Balaban J connectivity index is 1.67. The molecule has 29 heavy (non-hydrogen) atoms. The van der Waals surface area contributed by atoms with Gasteiger partial charge in [-0.2, -0.15) is 0 Å². The van der Waals surface area contributed by atoms with Gasteiger partial charge < -0.3 is 15.0 Å². The lowest BCUT2D eigenvalue weighted by Crippen LogP contribution is -2.35. The number of Topliss-reactive ketones (excluding diaryl/α,β-unsaturated/α-hetero) is 1. The third kappa shape index (κ3) is 5.12. The fraction of sp³-hybridized carbons (Fsp3) is 0.211. The lowest BCUT2D eigenvalue weighted by molar-refractivity contribution is -0.121. The van der Waals surface area contributed by atoms with E-state index in [1.165, 1.54) is 42.3 Å². The zero-order valence-corrected chi connectivity index (χ0v) is 16.9. The molecule has 1 N–H and O–H groups in total. The number of amides is 2. The standard InChI is InChI=1S/C19H17ClN2O6S/c1-22-15-8-12(2-7-17(15)28-9-19(22)25)16(23)10-29(26,27)11-18(24)21-14-5-3-13(20)4-6-14/h2-8H,9-11H2,1H3,(H,21,24). The molecule has 2 amide bonds. The van der Waals surface area contributed by atoms with E-state index in [-0.39, 0.29) is 18.1 Å². The van der Waals surface area contributed by atoms with Gasteiger partial charge in [-0.05, 0) is 42.5 Å². The molecule has 10 heteroatoms. The number of hydrogen-bond donors (Lipinski definition) is 1. The van der Waals surface area contributed by atoms with Crippen molar-refractivity contribution in [1.82, 2.24) is 0 Å². The summed E-state index contributed by atoms with van der Waals surface area (Å²) in [5.41, 5.74) is 0.879. The number of ketones is 1. The minimum Gasteiger partial charge on any atom is -0.482 e. The largest absolute Gasteiger partial charge is 0.482 e. The van der Waals surface area contributed by atoms with Crippen LogP contribution in [0.2, 0.25) is 5.02 Å². The molecule has 0 bridgehead atoms. The van der Waals surface area contributed by atoms with Crippen LogP contribution in [0, 0.1) is 0 Å². The highest BCUT2D eigenvalue weighted by molar-refractivity contribution is 7.92. The van der Waals surface area contributed by atoms with Crippen molar-refractivity contribution in [2.75, 3.05) is 35.4 Å². The van der Waals surface area contributed by atoms with E-state index in [1.54, 1.807) is 12.1 Å². The number of rotatable bonds is 6. The summed E-state index contributed by atoms with van der Waals surface area (Å²) in [5.74, 6) is -2.98. The number of carbonyl (C=O) groups excluding carboxylic acids is 3. The van der Waals surface area contributed by atoms with Crippen molar-refractivity contribution in [1.29, 1.82) is 0 Å². The lowest BCUT2D eigenvalue weighted by Gasteiger charge is -2.26. The second-order valence-electron chi connectivity index (χ2n) is 6.43. The fourth-order valence-electron chi connectivity index (χ4n) is 2.71. The third-order valence-electron chi connectivity index (χ3n) is 4.20. The lowest BCUT2D eigenvalue weighted by atomic mass is 10.1. The number of fused-ring (bicyclic) bond motifs is 1. The quantitative estimate of drug-likeness (QED) is 0.693. The molecule has 0 radical (unpaired) electrons. The number of sulfone groups is 1. The maximum Gasteiger partial charge on any atom is 0.264 e. The predicted molar refractivity (Wildman–Crippen MR) is 108 cm³/mol. The summed E-state index contributed by atoms with van der Waals surface area (Å²) in [6, 6.07) is 10.5. The van der Waals surface area contributed by atoms with Gasteiger partial charge in [0, 0.05) is 23.3 Å². The van der Waals surface area contributed by atoms with Crippen LogP contribution in [-0.2, 0) is 19.4 Å². The number of carbonyl (C=O) groups is 3. The molecule has 1 heterocycles. The predicted octanol–water partition coefficient (Wildman–Crippen LogP) is 1.93. The average Bonchev–Trinajstić information content (AvgIpc) is 2.65. The molecule has 2 aromatic carbocycles. The maximum atomic E-state index is 12.4. The van der Waals surface area contributed by atoms with Crippen LogP contribution >= 0.6 is 11.6 Å². The van der Waals surface area contributed by atoms with Gasteiger partial charge in [-0.15, -0.1) is 0 Å². The van der Waals surface area contributed by atoms with E-state index in [0.29, 0.717) is 22.1 Å². The molecule has 0 aliphatic carbocycles. The number of nitrogens with zero attached hydrogens (tertiary/aromatic N) is 1. The smallest absolute Gasteiger partial charge is 0.264 e. The van der Waals surface area contributed by atoms with Gasteiger partial charge in [-0.1, -0.05) is 11.6 Å². The van der Waals surface area contributed by atoms with Crippen LogP contribution in [-0.4, -0.2) is 51.2 Å². The summed E-state index contributed by atoms with van der Waals surface area (Å²) in [5, 5.41) is 2.92.